The molecule has 1 aliphatic rings. The number of benzene rings is 1. The number of quaternary nitrogens is 1. The maximum atomic E-state index is 12.0. The SMILES string of the molecule is CCOC(=O)C1=C(C[NH2+][C@H](C)c2ccc(Cl)cc2Cl)NC(=O)NC1. The predicted octanol–water partition coefficient (Wildman–Crippen LogP) is 1.75. The highest BCUT2D eigenvalue weighted by molar-refractivity contribution is 6.35. The van der Waals surface area contributed by atoms with Crippen molar-refractivity contribution in [3.63, 3.8) is 0 Å². The standard InChI is InChI=1S/C16H19Cl2N3O3/c1-3-24-15(22)12-7-20-16(23)21-14(12)8-19-9(2)11-5-4-10(17)6-13(11)18/h4-6,9,19H,3,7-8H2,1-2H3,(H2,20,21,23)/p+1/t9-/m1/s1. The van der Waals surface area contributed by atoms with Crippen LogP contribution < -0.4 is 16.0 Å². The number of rotatable bonds is 6. The number of nitrogens with one attached hydrogen (secondary N) is 2. The van der Waals surface area contributed by atoms with Gasteiger partial charge in [0, 0.05) is 10.6 Å². The van der Waals surface area contributed by atoms with Gasteiger partial charge >= 0.3 is 12.0 Å². The molecule has 0 saturated heterocycles. The highest BCUT2D eigenvalue weighted by atomic mass is 35.5. The zero-order chi connectivity index (χ0) is 17.7. The molecule has 2 rings (SSSR count). The van der Waals surface area contributed by atoms with Gasteiger partial charge in [-0.15, -0.1) is 0 Å². The van der Waals surface area contributed by atoms with Gasteiger partial charge in [-0.3, -0.25) is 0 Å². The first-order valence-electron chi connectivity index (χ1n) is 7.64. The summed E-state index contributed by atoms with van der Waals surface area (Å²) in [5.41, 5.74) is 1.91. The van der Waals surface area contributed by atoms with Crippen molar-refractivity contribution in [3.05, 3.63) is 45.1 Å². The van der Waals surface area contributed by atoms with Crippen LogP contribution in [0, 0.1) is 0 Å². The van der Waals surface area contributed by atoms with E-state index < -0.39 is 5.97 Å². The molecule has 1 aliphatic heterocycles. The average molecular weight is 373 g/mol. The molecular weight excluding hydrogens is 353 g/mol. The van der Waals surface area contributed by atoms with Crippen LogP contribution in [-0.4, -0.2) is 31.7 Å². The second-order valence-electron chi connectivity index (χ2n) is 5.38. The molecule has 0 spiro atoms. The Morgan fingerprint density at radius 2 is 2.17 bits per heavy atom. The topological polar surface area (TPSA) is 84.0 Å². The van der Waals surface area contributed by atoms with Crippen molar-refractivity contribution in [2.24, 2.45) is 0 Å². The van der Waals surface area contributed by atoms with Gasteiger partial charge in [0.2, 0.25) is 0 Å². The van der Waals surface area contributed by atoms with Gasteiger partial charge in [0.05, 0.1) is 29.4 Å². The summed E-state index contributed by atoms with van der Waals surface area (Å²) in [5.74, 6) is -0.425. The maximum absolute atomic E-state index is 12.0. The normalized spacial score (nSPS) is 15.6. The lowest BCUT2D eigenvalue weighted by molar-refractivity contribution is -0.686. The fourth-order valence-electron chi connectivity index (χ4n) is 2.41. The first-order chi connectivity index (χ1) is 11.4. The molecule has 1 aromatic carbocycles. The molecule has 8 heteroatoms. The molecule has 1 heterocycles. The lowest BCUT2D eigenvalue weighted by Crippen LogP contribution is -2.86. The molecule has 6 nitrogen and oxygen atoms in total. The fraction of sp³-hybridized carbons (Fsp3) is 0.375. The summed E-state index contributed by atoms with van der Waals surface area (Å²) in [4.78, 5) is 23.5. The second kappa shape index (κ2) is 8.37. The molecule has 2 amide bonds. The van der Waals surface area contributed by atoms with Crippen LogP contribution in [0.1, 0.15) is 25.5 Å². The van der Waals surface area contributed by atoms with Crippen molar-refractivity contribution >= 4 is 35.2 Å². The molecule has 24 heavy (non-hydrogen) atoms. The van der Waals surface area contributed by atoms with E-state index in [1.807, 2.05) is 18.3 Å². The van der Waals surface area contributed by atoms with Gasteiger partial charge in [-0.25, -0.2) is 9.59 Å². The van der Waals surface area contributed by atoms with Crippen LogP contribution in [0.4, 0.5) is 4.79 Å². The largest absolute Gasteiger partial charge is 0.463 e. The van der Waals surface area contributed by atoms with Crippen molar-refractivity contribution in [1.29, 1.82) is 0 Å². The number of halogens is 2. The lowest BCUT2D eigenvalue weighted by atomic mass is 10.1. The summed E-state index contributed by atoms with van der Waals surface area (Å²) >= 11 is 12.1. The number of esters is 1. The van der Waals surface area contributed by atoms with E-state index in [4.69, 9.17) is 27.9 Å². The number of nitrogens with two attached hydrogens (primary N) is 1. The Bertz CT molecular complexity index is 677. The van der Waals surface area contributed by atoms with Gasteiger partial charge < -0.3 is 20.7 Å². The van der Waals surface area contributed by atoms with Gasteiger partial charge in [0.1, 0.15) is 12.6 Å². The maximum Gasteiger partial charge on any atom is 0.337 e. The Balaban J connectivity index is 2.11. The number of ether oxygens (including phenoxy) is 1. The van der Waals surface area contributed by atoms with Crippen LogP contribution >= 0.6 is 23.2 Å². The van der Waals surface area contributed by atoms with Crippen LogP contribution in [0.25, 0.3) is 0 Å². The van der Waals surface area contributed by atoms with E-state index in [-0.39, 0.29) is 25.2 Å². The van der Waals surface area contributed by atoms with Gasteiger partial charge in [-0.05, 0) is 26.0 Å². The molecular formula is C16H20Cl2N3O3+. The number of urea groups is 1. The number of amides is 2. The van der Waals surface area contributed by atoms with Crippen molar-refractivity contribution in [2.45, 2.75) is 19.9 Å². The molecule has 0 unspecified atom stereocenters. The molecule has 1 aromatic rings. The number of hydrogen-bond donors (Lipinski definition) is 3. The van der Waals surface area contributed by atoms with Crippen molar-refractivity contribution in [1.82, 2.24) is 10.6 Å². The fourth-order valence-corrected chi connectivity index (χ4v) is 2.99. The van der Waals surface area contributed by atoms with Crippen LogP contribution in [-0.2, 0) is 9.53 Å². The van der Waals surface area contributed by atoms with Gasteiger partial charge in [-0.1, -0.05) is 29.3 Å². The number of carbonyl (C=O) groups excluding carboxylic acids is 2. The Morgan fingerprint density at radius 1 is 1.42 bits per heavy atom. The van der Waals surface area contributed by atoms with Crippen LogP contribution in [0.15, 0.2) is 29.5 Å². The molecule has 1 atom stereocenters. The molecule has 0 saturated carbocycles. The smallest absolute Gasteiger partial charge is 0.337 e. The zero-order valence-corrected chi connectivity index (χ0v) is 15.0. The number of carbonyl (C=O) groups is 2. The highest BCUT2D eigenvalue weighted by Gasteiger charge is 2.25. The summed E-state index contributed by atoms with van der Waals surface area (Å²) < 4.78 is 5.03. The minimum atomic E-state index is -0.425. The zero-order valence-electron chi connectivity index (χ0n) is 13.5. The van der Waals surface area contributed by atoms with Gasteiger partial charge in [0.15, 0.2) is 0 Å². The summed E-state index contributed by atoms with van der Waals surface area (Å²) in [5, 5.41) is 8.40. The molecule has 0 aromatic heterocycles. The first kappa shape index (κ1) is 18.6. The molecule has 130 valence electrons. The Kier molecular flexibility index (Phi) is 6.48. The summed E-state index contributed by atoms with van der Waals surface area (Å²) in [6.45, 7) is 4.59. The third-order valence-electron chi connectivity index (χ3n) is 3.70. The van der Waals surface area contributed by atoms with E-state index in [0.29, 0.717) is 27.9 Å². The third-order valence-corrected chi connectivity index (χ3v) is 4.27. The first-order valence-corrected chi connectivity index (χ1v) is 8.40. The molecule has 0 aliphatic carbocycles. The van der Waals surface area contributed by atoms with Crippen LogP contribution in [0.3, 0.4) is 0 Å². The highest BCUT2D eigenvalue weighted by Crippen LogP contribution is 2.24. The predicted molar refractivity (Wildman–Crippen MR) is 91.9 cm³/mol. The van der Waals surface area contributed by atoms with E-state index in [1.54, 1.807) is 19.1 Å². The monoisotopic (exact) mass is 372 g/mol. The van der Waals surface area contributed by atoms with E-state index in [1.165, 1.54) is 0 Å². The summed E-state index contributed by atoms with van der Waals surface area (Å²) in [6.07, 6.45) is 0. The van der Waals surface area contributed by atoms with E-state index >= 15 is 0 Å². The minimum absolute atomic E-state index is 0.0255. The minimum Gasteiger partial charge on any atom is -0.463 e. The van der Waals surface area contributed by atoms with Crippen molar-refractivity contribution in [3.8, 4) is 0 Å². The molecule has 0 fully saturated rings. The third kappa shape index (κ3) is 4.63. The van der Waals surface area contributed by atoms with E-state index in [9.17, 15) is 9.59 Å². The van der Waals surface area contributed by atoms with Gasteiger partial charge in [0.25, 0.3) is 0 Å². The lowest BCUT2D eigenvalue weighted by Gasteiger charge is -2.21. The Hall–Kier alpha value is -1.76. The van der Waals surface area contributed by atoms with Crippen LogP contribution in [0.5, 0.6) is 0 Å². The van der Waals surface area contributed by atoms with Crippen molar-refractivity contribution in [2.75, 3.05) is 19.7 Å². The molecule has 0 bridgehead atoms. The quantitative estimate of drug-likeness (QED) is 0.665. The van der Waals surface area contributed by atoms with Crippen LogP contribution in [0.2, 0.25) is 10.0 Å². The summed E-state index contributed by atoms with van der Waals surface area (Å²) in [7, 11) is 0. The van der Waals surface area contributed by atoms with Gasteiger partial charge in [-0.2, -0.15) is 0 Å². The van der Waals surface area contributed by atoms with E-state index in [2.05, 4.69) is 10.6 Å². The van der Waals surface area contributed by atoms with E-state index in [0.717, 1.165) is 5.56 Å². The average Bonchev–Trinajstić information content (AvgIpc) is 2.52. The summed E-state index contributed by atoms with van der Waals surface area (Å²) in [6, 6.07) is 5.04. The molecule has 4 N–H and O–H groups in total. The second-order valence-corrected chi connectivity index (χ2v) is 6.22. The van der Waals surface area contributed by atoms with Crippen molar-refractivity contribution < 1.29 is 19.6 Å². The Labute approximate surface area is 150 Å². The number of hydrogen-bond acceptors (Lipinski definition) is 3. The molecule has 0 radical (unpaired) electrons. The Morgan fingerprint density at radius 3 is 2.83 bits per heavy atom.